The van der Waals surface area contributed by atoms with Crippen LogP contribution in [0.5, 0.6) is 0 Å². The van der Waals surface area contributed by atoms with Crippen molar-refractivity contribution < 1.29 is 18.1 Å². The Morgan fingerprint density at radius 2 is 1.97 bits per heavy atom. The molecule has 1 atom stereocenters. The molecule has 0 aromatic heterocycles. The lowest BCUT2D eigenvalue weighted by molar-refractivity contribution is -0.384. The molecule has 0 spiro atoms. The molecule has 1 fully saturated rings. The van der Waals surface area contributed by atoms with E-state index in [1.165, 1.54) is 18.2 Å². The summed E-state index contributed by atoms with van der Waals surface area (Å²) in [6.45, 7) is 4.37. The second kappa shape index (κ2) is 10.7. The van der Waals surface area contributed by atoms with Crippen LogP contribution in [0, 0.1) is 23.0 Å². The number of nitro groups is 1. The minimum Gasteiger partial charge on any atom is -0.326 e. The summed E-state index contributed by atoms with van der Waals surface area (Å²) in [6, 6.07) is 12.6. The molecule has 1 aliphatic heterocycles. The number of hydrogen-bond donors (Lipinski definition) is 2. The lowest BCUT2D eigenvalue weighted by Crippen LogP contribution is -2.41. The third-order valence-corrected chi connectivity index (χ3v) is 6.93. The highest BCUT2D eigenvalue weighted by atomic mass is 32.2. The number of nitrogens with zero attached hydrogens (tertiary/aromatic N) is 2. The Kier molecular flexibility index (Phi) is 7.94. The molecule has 2 aromatic carbocycles. The first-order chi connectivity index (χ1) is 15.2. The number of nitro benzene ring substituents is 1. The van der Waals surface area contributed by atoms with E-state index in [1.54, 1.807) is 30.3 Å². The second-order valence-corrected chi connectivity index (χ2v) is 9.85. The van der Waals surface area contributed by atoms with Gasteiger partial charge in [0.2, 0.25) is 15.9 Å². The molecule has 0 bridgehead atoms. The van der Waals surface area contributed by atoms with Crippen LogP contribution in [-0.2, 0) is 14.8 Å². The van der Waals surface area contributed by atoms with Crippen molar-refractivity contribution in [1.29, 1.82) is 0 Å². The molecule has 0 aliphatic carbocycles. The largest absolute Gasteiger partial charge is 0.326 e. The molecule has 1 aliphatic rings. The molecule has 1 heterocycles. The van der Waals surface area contributed by atoms with E-state index in [9.17, 15) is 23.3 Å². The topological polar surface area (TPSA) is 122 Å². The standard InChI is InChI=1S/C22H28N4O5S/c1-17-7-9-21(10-8-17)32(30,31)23-15-18-4-3-12-25(16-18)13-11-22(27)24-19-5-2-6-20(14-19)26(28)29/h2,5-10,14,18,23H,3-4,11-13,15-16H2,1H3,(H,24,27). The van der Waals surface area contributed by atoms with Gasteiger partial charge >= 0.3 is 0 Å². The van der Waals surface area contributed by atoms with Crippen LogP contribution in [0.25, 0.3) is 0 Å². The van der Waals surface area contributed by atoms with E-state index in [0.717, 1.165) is 24.9 Å². The number of benzene rings is 2. The third-order valence-electron chi connectivity index (χ3n) is 5.49. The molecular formula is C22H28N4O5S. The maximum absolute atomic E-state index is 12.5. The summed E-state index contributed by atoms with van der Waals surface area (Å²) in [5, 5.41) is 13.5. The Morgan fingerprint density at radius 3 is 2.69 bits per heavy atom. The molecule has 10 heteroatoms. The minimum atomic E-state index is -3.54. The van der Waals surface area contributed by atoms with Gasteiger partial charge in [-0.1, -0.05) is 23.8 Å². The SMILES string of the molecule is Cc1ccc(S(=O)(=O)NCC2CCCN(CCC(=O)Nc3cccc([N+](=O)[O-])c3)C2)cc1. The second-order valence-electron chi connectivity index (χ2n) is 8.08. The zero-order valence-corrected chi connectivity index (χ0v) is 18.8. The Labute approximate surface area is 188 Å². The Hall–Kier alpha value is -2.82. The highest BCUT2D eigenvalue weighted by molar-refractivity contribution is 7.89. The van der Waals surface area contributed by atoms with Crippen molar-refractivity contribution >= 4 is 27.3 Å². The smallest absolute Gasteiger partial charge is 0.271 e. The highest BCUT2D eigenvalue weighted by Crippen LogP contribution is 2.19. The number of hydrogen-bond acceptors (Lipinski definition) is 6. The molecule has 0 saturated carbocycles. The maximum atomic E-state index is 12.5. The van der Waals surface area contributed by atoms with Gasteiger partial charge in [-0.05, 0) is 50.4 Å². The number of carbonyl (C=O) groups is 1. The number of nitrogens with one attached hydrogen (secondary N) is 2. The molecule has 9 nitrogen and oxygen atoms in total. The number of piperidine rings is 1. The van der Waals surface area contributed by atoms with Crippen molar-refractivity contribution in [2.24, 2.45) is 5.92 Å². The quantitative estimate of drug-likeness (QED) is 0.438. The van der Waals surface area contributed by atoms with E-state index in [4.69, 9.17) is 0 Å². The maximum Gasteiger partial charge on any atom is 0.271 e. The molecule has 32 heavy (non-hydrogen) atoms. The molecule has 1 unspecified atom stereocenters. The fraction of sp³-hybridized carbons (Fsp3) is 0.409. The molecule has 3 rings (SSSR count). The summed E-state index contributed by atoms with van der Waals surface area (Å²) in [5.41, 5.74) is 1.32. The van der Waals surface area contributed by atoms with Gasteiger partial charge in [0.1, 0.15) is 0 Å². The lowest BCUT2D eigenvalue weighted by atomic mass is 9.98. The van der Waals surface area contributed by atoms with Crippen molar-refractivity contribution in [1.82, 2.24) is 9.62 Å². The average molecular weight is 461 g/mol. The minimum absolute atomic E-state index is 0.0743. The monoisotopic (exact) mass is 460 g/mol. The van der Waals surface area contributed by atoms with E-state index in [-0.39, 0.29) is 28.8 Å². The van der Waals surface area contributed by atoms with Crippen molar-refractivity contribution in [3.05, 3.63) is 64.2 Å². The summed E-state index contributed by atoms with van der Waals surface area (Å²) in [4.78, 5) is 25.0. The summed E-state index contributed by atoms with van der Waals surface area (Å²) >= 11 is 0. The van der Waals surface area contributed by atoms with Gasteiger partial charge in [0, 0.05) is 43.9 Å². The van der Waals surface area contributed by atoms with E-state index >= 15 is 0 Å². The van der Waals surface area contributed by atoms with Crippen LogP contribution < -0.4 is 10.0 Å². The van der Waals surface area contributed by atoms with Gasteiger partial charge in [0.05, 0.1) is 9.82 Å². The first-order valence-corrected chi connectivity index (χ1v) is 12.0. The molecular weight excluding hydrogens is 432 g/mol. The summed E-state index contributed by atoms with van der Waals surface area (Å²) in [6.07, 6.45) is 2.11. The fourth-order valence-corrected chi connectivity index (χ4v) is 4.85. The molecule has 1 saturated heterocycles. The van der Waals surface area contributed by atoms with Crippen molar-refractivity contribution in [2.45, 2.75) is 31.1 Å². The lowest BCUT2D eigenvalue weighted by Gasteiger charge is -2.32. The number of non-ortho nitro benzene ring substituents is 1. The van der Waals surface area contributed by atoms with Gasteiger partial charge in [-0.15, -0.1) is 0 Å². The van der Waals surface area contributed by atoms with Gasteiger partial charge < -0.3 is 10.2 Å². The van der Waals surface area contributed by atoms with Crippen LogP contribution in [-0.4, -0.2) is 50.3 Å². The van der Waals surface area contributed by atoms with Crippen LogP contribution >= 0.6 is 0 Å². The van der Waals surface area contributed by atoms with Gasteiger partial charge in [0.15, 0.2) is 0 Å². The van der Waals surface area contributed by atoms with Crippen LogP contribution in [0.15, 0.2) is 53.4 Å². The predicted molar refractivity (Wildman–Crippen MR) is 122 cm³/mol. The number of rotatable bonds is 9. The van der Waals surface area contributed by atoms with Gasteiger partial charge in [-0.2, -0.15) is 0 Å². The van der Waals surface area contributed by atoms with Crippen LogP contribution in [0.2, 0.25) is 0 Å². The third kappa shape index (κ3) is 6.84. The van der Waals surface area contributed by atoms with E-state index in [1.807, 2.05) is 6.92 Å². The van der Waals surface area contributed by atoms with Crippen molar-refractivity contribution in [3.8, 4) is 0 Å². The van der Waals surface area contributed by atoms with E-state index in [2.05, 4.69) is 14.9 Å². The normalized spacial score (nSPS) is 17.1. The van der Waals surface area contributed by atoms with Crippen molar-refractivity contribution in [3.63, 3.8) is 0 Å². The summed E-state index contributed by atoms with van der Waals surface area (Å²) in [5.74, 6) is -0.0449. The number of carbonyl (C=O) groups excluding carboxylic acids is 1. The number of sulfonamides is 1. The number of anilines is 1. The summed E-state index contributed by atoms with van der Waals surface area (Å²) in [7, 11) is -3.54. The van der Waals surface area contributed by atoms with Gasteiger partial charge in [0.25, 0.3) is 5.69 Å². The molecule has 0 radical (unpaired) electrons. The zero-order chi connectivity index (χ0) is 23.1. The van der Waals surface area contributed by atoms with Gasteiger partial charge in [-0.25, -0.2) is 13.1 Å². The summed E-state index contributed by atoms with van der Waals surface area (Å²) < 4.78 is 27.7. The number of likely N-dealkylation sites (tertiary alicyclic amines) is 1. The van der Waals surface area contributed by atoms with E-state index < -0.39 is 14.9 Å². The van der Waals surface area contributed by atoms with E-state index in [0.29, 0.717) is 25.3 Å². The van der Waals surface area contributed by atoms with Crippen LogP contribution in [0.4, 0.5) is 11.4 Å². The average Bonchev–Trinajstić information content (AvgIpc) is 2.77. The Balaban J connectivity index is 1.45. The Bertz CT molecular complexity index is 1060. The molecule has 172 valence electrons. The Morgan fingerprint density at radius 1 is 1.22 bits per heavy atom. The molecule has 1 amide bonds. The zero-order valence-electron chi connectivity index (χ0n) is 18.0. The van der Waals surface area contributed by atoms with Gasteiger partial charge in [-0.3, -0.25) is 14.9 Å². The van der Waals surface area contributed by atoms with Crippen LogP contribution in [0.1, 0.15) is 24.8 Å². The number of aryl methyl sites for hydroxylation is 1. The first kappa shape index (κ1) is 23.8. The number of amides is 1. The fourth-order valence-electron chi connectivity index (χ4n) is 3.73. The first-order valence-electron chi connectivity index (χ1n) is 10.6. The predicted octanol–water partition coefficient (Wildman–Crippen LogP) is 2.92. The van der Waals surface area contributed by atoms with Crippen molar-refractivity contribution in [2.75, 3.05) is 31.5 Å². The van der Waals surface area contributed by atoms with Crippen LogP contribution in [0.3, 0.4) is 0 Å². The molecule has 2 aromatic rings. The molecule has 2 N–H and O–H groups in total. The highest BCUT2D eigenvalue weighted by Gasteiger charge is 2.23.